The molecule has 1 aliphatic rings. The van der Waals surface area contributed by atoms with Gasteiger partial charge in [0.1, 0.15) is 5.54 Å². The molecule has 1 aromatic rings. The first-order chi connectivity index (χ1) is 9.44. The fourth-order valence-electron chi connectivity index (χ4n) is 2.37. The fourth-order valence-corrected chi connectivity index (χ4v) is 3.09. The molecule has 20 heavy (non-hydrogen) atoms. The maximum Gasteiger partial charge on any atom is 0.329 e. The second-order valence-corrected chi connectivity index (χ2v) is 5.86. The molecule has 0 unspecified atom stereocenters. The Labute approximate surface area is 118 Å². The van der Waals surface area contributed by atoms with Crippen molar-refractivity contribution in [2.45, 2.75) is 37.6 Å². The number of amides is 1. The summed E-state index contributed by atoms with van der Waals surface area (Å²) < 4.78 is 0. The summed E-state index contributed by atoms with van der Waals surface area (Å²) in [5.41, 5.74) is -1.24. The van der Waals surface area contributed by atoms with Crippen LogP contribution in [0.3, 0.4) is 0 Å². The minimum Gasteiger partial charge on any atom is -0.480 e. The van der Waals surface area contributed by atoms with Crippen LogP contribution in [0.25, 0.3) is 0 Å². The Morgan fingerprint density at radius 2 is 1.95 bits per heavy atom. The lowest BCUT2D eigenvalue weighted by atomic mass is 9.81. The van der Waals surface area contributed by atoms with Gasteiger partial charge in [-0.2, -0.15) is 0 Å². The Hall–Kier alpha value is -1.96. The molecular weight excluding hydrogens is 284 g/mol. The molecule has 1 heterocycles. The number of carbonyl (C=O) groups is 2. The highest BCUT2D eigenvalue weighted by molar-refractivity contribution is 7.17. The summed E-state index contributed by atoms with van der Waals surface area (Å²) in [6.07, 6.45) is 3.23. The number of hydrogen-bond acceptors (Lipinski definition) is 5. The van der Waals surface area contributed by atoms with Crippen molar-refractivity contribution in [3.8, 4) is 0 Å². The van der Waals surface area contributed by atoms with Crippen molar-refractivity contribution in [1.29, 1.82) is 0 Å². The highest BCUT2D eigenvalue weighted by Crippen LogP contribution is 2.30. The molecule has 1 aliphatic carbocycles. The maximum atomic E-state index is 12.1. The zero-order valence-corrected chi connectivity index (χ0v) is 11.4. The van der Waals surface area contributed by atoms with Gasteiger partial charge >= 0.3 is 11.0 Å². The van der Waals surface area contributed by atoms with Crippen LogP contribution in [0.1, 0.15) is 41.8 Å². The summed E-state index contributed by atoms with van der Waals surface area (Å²) in [7, 11) is 0. The number of nitrogens with one attached hydrogen (secondary N) is 1. The van der Waals surface area contributed by atoms with Crippen molar-refractivity contribution >= 4 is 28.2 Å². The van der Waals surface area contributed by atoms with E-state index in [0.717, 1.165) is 30.6 Å². The standard InChI is InChI=1S/C12H14N2O5S/c15-10(8-4-5-9(20-8)14(18)19)13-12(11(16)17)6-2-1-3-7-12/h4-5H,1-3,6-7H2,(H,13,15)(H,16,17). The Kier molecular flexibility index (Phi) is 4.03. The van der Waals surface area contributed by atoms with Crippen LogP contribution in [0.5, 0.6) is 0 Å². The van der Waals surface area contributed by atoms with Gasteiger partial charge < -0.3 is 10.4 Å². The summed E-state index contributed by atoms with van der Waals surface area (Å²) in [6.45, 7) is 0. The van der Waals surface area contributed by atoms with Crippen LogP contribution in [-0.4, -0.2) is 27.4 Å². The minimum absolute atomic E-state index is 0.136. The molecule has 0 saturated heterocycles. The average Bonchev–Trinajstić information content (AvgIpc) is 2.89. The summed E-state index contributed by atoms with van der Waals surface area (Å²) in [5.74, 6) is -1.61. The van der Waals surface area contributed by atoms with E-state index in [4.69, 9.17) is 0 Å². The highest BCUT2D eigenvalue weighted by Gasteiger charge is 2.41. The van der Waals surface area contributed by atoms with Crippen LogP contribution >= 0.6 is 11.3 Å². The molecule has 7 nitrogen and oxygen atoms in total. The second-order valence-electron chi connectivity index (χ2n) is 4.80. The van der Waals surface area contributed by atoms with Crippen LogP contribution in [0.15, 0.2) is 12.1 Å². The zero-order valence-electron chi connectivity index (χ0n) is 10.6. The second kappa shape index (κ2) is 5.58. The lowest BCUT2D eigenvalue weighted by Crippen LogP contribution is -2.55. The van der Waals surface area contributed by atoms with Crippen LogP contribution in [-0.2, 0) is 4.79 Å². The first kappa shape index (κ1) is 14.4. The molecular formula is C12H14N2O5S. The van der Waals surface area contributed by atoms with Crippen LogP contribution in [0.2, 0.25) is 0 Å². The van der Waals surface area contributed by atoms with Crippen molar-refractivity contribution in [3.63, 3.8) is 0 Å². The third-order valence-corrected chi connectivity index (χ3v) is 4.50. The Balaban J connectivity index is 2.15. The Morgan fingerprint density at radius 3 is 2.45 bits per heavy atom. The molecule has 0 bridgehead atoms. The summed E-state index contributed by atoms with van der Waals surface area (Å²) in [6, 6.07) is 2.59. The monoisotopic (exact) mass is 298 g/mol. The maximum absolute atomic E-state index is 12.1. The van der Waals surface area contributed by atoms with Crippen molar-refractivity contribution in [1.82, 2.24) is 5.32 Å². The minimum atomic E-state index is -1.24. The molecule has 0 radical (unpaired) electrons. The summed E-state index contributed by atoms with van der Waals surface area (Å²) in [5, 5.41) is 22.4. The van der Waals surface area contributed by atoms with E-state index in [-0.39, 0.29) is 9.88 Å². The molecule has 1 fully saturated rings. The Morgan fingerprint density at radius 1 is 1.30 bits per heavy atom. The number of carbonyl (C=O) groups excluding carboxylic acids is 1. The Bertz CT molecular complexity index is 548. The molecule has 1 aromatic heterocycles. The third-order valence-electron chi connectivity index (χ3n) is 3.46. The molecule has 108 valence electrons. The predicted octanol–water partition coefficient (Wildman–Crippen LogP) is 2.17. The zero-order chi connectivity index (χ0) is 14.8. The van der Waals surface area contributed by atoms with Crippen molar-refractivity contribution < 1.29 is 19.6 Å². The van der Waals surface area contributed by atoms with E-state index in [1.54, 1.807) is 0 Å². The van der Waals surface area contributed by atoms with Crippen LogP contribution < -0.4 is 5.32 Å². The molecule has 2 rings (SSSR count). The average molecular weight is 298 g/mol. The first-order valence-corrected chi connectivity index (χ1v) is 7.06. The van der Waals surface area contributed by atoms with Gasteiger partial charge in [0.05, 0.1) is 9.80 Å². The number of hydrogen-bond donors (Lipinski definition) is 2. The van der Waals surface area contributed by atoms with Crippen LogP contribution in [0.4, 0.5) is 5.00 Å². The number of rotatable bonds is 4. The van der Waals surface area contributed by atoms with Gasteiger partial charge in [0.2, 0.25) is 0 Å². The SMILES string of the molecule is O=C(NC1(C(=O)O)CCCCC1)c1ccc([N+](=O)[O-])s1. The lowest BCUT2D eigenvalue weighted by Gasteiger charge is -2.33. The van der Waals surface area contributed by atoms with Gasteiger partial charge in [-0.15, -0.1) is 0 Å². The van der Waals surface area contributed by atoms with Gasteiger partial charge in [-0.1, -0.05) is 30.6 Å². The molecule has 1 saturated carbocycles. The van der Waals surface area contributed by atoms with Gasteiger partial charge in [-0.25, -0.2) is 4.79 Å². The largest absolute Gasteiger partial charge is 0.480 e. The number of nitro groups is 1. The van der Waals surface area contributed by atoms with Gasteiger partial charge in [0.15, 0.2) is 0 Å². The smallest absolute Gasteiger partial charge is 0.329 e. The van der Waals surface area contributed by atoms with Crippen molar-refractivity contribution in [3.05, 3.63) is 27.1 Å². The summed E-state index contributed by atoms with van der Waals surface area (Å²) >= 11 is 0.744. The van der Waals surface area contributed by atoms with Gasteiger partial charge in [-0.3, -0.25) is 14.9 Å². The van der Waals surface area contributed by atoms with Crippen molar-refractivity contribution in [2.75, 3.05) is 0 Å². The van der Waals surface area contributed by atoms with E-state index in [1.165, 1.54) is 12.1 Å². The normalized spacial score (nSPS) is 17.4. The molecule has 0 aliphatic heterocycles. The number of nitrogens with zero attached hydrogens (tertiary/aromatic N) is 1. The van der Waals surface area contributed by atoms with Gasteiger partial charge in [-0.05, 0) is 18.9 Å². The number of carboxylic acid groups (broad SMARTS) is 1. The van der Waals surface area contributed by atoms with E-state index in [0.29, 0.717) is 12.8 Å². The van der Waals surface area contributed by atoms with E-state index in [9.17, 15) is 24.8 Å². The van der Waals surface area contributed by atoms with Gasteiger partial charge in [0.25, 0.3) is 5.91 Å². The molecule has 1 amide bonds. The fraction of sp³-hybridized carbons (Fsp3) is 0.500. The molecule has 8 heteroatoms. The molecule has 0 atom stereocenters. The van der Waals surface area contributed by atoms with E-state index < -0.39 is 22.3 Å². The predicted molar refractivity (Wildman–Crippen MR) is 71.9 cm³/mol. The molecule has 0 aromatic carbocycles. The van der Waals surface area contributed by atoms with Crippen LogP contribution in [0, 0.1) is 10.1 Å². The number of carboxylic acids is 1. The van der Waals surface area contributed by atoms with Crippen molar-refractivity contribution in [2.24, 2.45) is 0 Å². The summed E-state index contributed by atoms with van der Waals surface area (Å²) in [4.78, 5) is 33.7. The van der Waals surface area contributed by atoms with E-state index in [1.807, 2.05) is 0 Å². The number of thiophene rings is 1. The number of aliphatic carboxylic acids is 1. The third kappa shape index (κ3) is 2.79. The molecule has 2 N–H and O–H groups in total. The first-order valence-electron chi connectivity index (χ1n) is 6.25. The van der Waals surface area contributed by atoms with Gasteiger partial charge in [0, 0.05) is 6.07 Å². The highest BCUT2D eigenvalue weighted by atomic mass is 32.1. The lowest BCUT2D eigenvalue weighted by molar-refractivity contribution is -0.380. The van der Waals surface area contributed by atoms with E-state index >= 15 is 0 Å². The quantitative estimate of drug-likeness (QED) is 0.654. The van der Waals surface area contributed by atoms with E-state index in [2.05, 4.69) is 5.32 Å². The topological polar surface area (TPSA) is 110 Å². The molecule has 0 spiro atoms.